The molecule has 2 heterocycles. The van der Waals surface area contributed by atoms with E-state index in [4.69, 9.17) is 9.47 Å². The number of sulfonamides is 1. The molecule has 0 bridgehead atoms. The predicted molar refractivity (Wildman–Crippen MR) is 111 cm³/mol. The quantitative estimate of drug-likeness (QED) is 0.659. The van der Waals surface area contributed by atoms with E-state index < -0.39 is 39.7 Å². The summed E-state index contributed by atoms with van der Waals surface area (Å²) in [5.41, 5.74) is 4.70. The number of ether oxygens (including phenoxy) is 2. The Morgan fingerprint density at radius 2 is 1.56 bits per heavy atom. The zero-order chi connectivity index (χ0) is 22.7. The van der Waals surface area contributed by atoms with Gasteiger partial charge in [-0.2, -0.15) is 4.31 Å². The molecule has 2 amide bonds. The highest BCUT2D eigenvalue weighted by Gasteiger charge is 2.34. The van der Waals surface area contributed by atoms with Crippen LogP contribution in [0.3, 0.4) is 0 Å². The number of fused-ring (bicyclic) bond motifs is 1. The number of hydrogen-bond donors (Lipinski definition) is 2. The number of nitrogens with one attached hydrogen (secondary N) is 2. The first-order chi connectivity index (χ1) is 15.4. The maximum Gasteiger partial charge on any atom is 0.283 e. The number of rotatable bonds is 4. The average Bonchev–Trinajstić information content (AvgIpc) is 2.82. The van der Waals surface area contributed by atoms with Gasteiger partial charge in [0.1, 0.15) is 17.3 Å². The lowest BCUT2D eigenvalue weighted by Gasteiger charge is -2.31. The fourth-order valence-corrected chi connectivity index (χ4v) is 5.14. The summed E-state index contributed by atoms with van der Waals surface area (Å²) in [6, 6.07) is 12.1. The predicted octanol–water partition coefficient (Wildman–Crippen LogP) is 1.21. The number of benzene rings is 2. The van der Waals surface area contributed by atoms with Gasteiger partial charge in [0.2, 0.25) is 22.0 Å². The van der Waals surface area contributed by atoms with Crippen molar-refractivity contribution in [2.24, 2.45) is 5.92 Å². The second kappa shape index (κ2) is 9.13. The first-order valence-electron chi connectivity index (χ1n) is 10.1. The number of piperidine rings is 1. The highest BCUT2D eigenvalue weighted by Crippen LogP contribution is 2.31. The molecular weight excluding hydrogens is 441 g/mol. The van der Waals surface area contributed by atoms with E-state index in [0.29, 0.717) is 11.5 Å². The summed E-state index contributed by atoms with van der Waals surface area (Å²) in [6.07, 6.45) is -0.435. The van der Waals surface area contributed by atoms with Crippen molar-refractivity contribution in [1.82, 2.24) is 15.2 Å². The van der Waals surface area contributed by atoms with E-state index in [0.717, 1.165) is 6.07 Å². The minimum Gasteiger partial charge on any atom is -0.485 e. The van der Waals surface area contributed by atoms with Gasteiger partial charge in [-0.05, 0) is 37.1 Å². The highest BCUT2D eigenvalue weighted by atomic mass is 32.2. The SMILES string of the molecule is O=C(NNC(=O)C1COc2ccccc2O1)C1CCN(S(=O)(=O)c2ccccc2F)CC1. The lowest BCUT2D eigenvalue weighted by Crippen LogP contribution is -2.53. The molecule has 2 aromatic carbocycles. The van der Waals surface area contributed by atoms with Crippen LogP contribution < -0.4 is 20.3 Å². The Labute approximate surface area is 184 Å². The Balaban J connectivity index is 1.27. The Kier molecular flexibility index (Phi) is 6.28. The van der Waals surface area contributed by atoms with Crippen LogP contribution in [0.15, 0.2) is 53.4 Å². The lowest BCUT2D eigenvalue weighted by atomic mass is 9.98. The molecule has 2 aliphatic heterocycles. The van der Waals surface area contributed by atoms with E-state index in [9.17, 15) is 22.4 Å². The molecule has 4 rings (SSSR count). The van der Waals surface area contributed by atoms with E-state index >= 15 is 0 Å². The Hall–Kier alpha value is -3.18. The number of hydrogen-bond acceptors (Lipinski definition) is 6. The molecule has 0 aliphatic carbocycles. The minimum atomic E-state index is -3.98. The van der Waals surface area contributed by atoms with E-state index in [1.807, 2.05) is 0 Å². The van der Waals surface area contributed by atoms with Crippen molar-refractivity contribution in [3.63, 3.8) is 0 Å². The molecule has 32 heavy (non-hydrogen) atoms. The number of halogens is 1. The Bertz CT molecular complexity index is 1120. The third-order valence-electron chi connectivity index (χ3n) is 5.39. The number of hydrazine groups is 1. The zero-order valence-corrected chi connectivity index (χ0v) is 17.8. The van der Waals surface area contributed by atoms with E-state index in [2.05, 4.69) is 10.9 Å². The summed E-state index contributed by atoms with van der Waals surface area (Å²) in [4.78, 5) is 24.4. The monoisotopic (exact) mass is 463 g/mol. The third kappa shape index (κ3) is 4.53. The first kappa shape index (κ1) is 22.0. The van der Waals surface area contributed by atoms with Gasteiger partial charge in [0.25, 0.3) is 5.91 Å². The number of carbonyl (C=O) groups is 2. The van der Waals surface area contributed by atoms with Crippen molar-refractivity contribution in [2.45, 2.75) is 23.8 Å². The Morgan fingerprint density at radius 1 is 0.938 bits per heavy atom. The molecule has 1 fully saturated rings. The van der Waals surface area contributed by atoms with Crippen LogP contribution in [0.5, 0.6) is 11.5 Å². The van der Waals surface area contributed by atoms with Crippen molar-refractivity contribution < 1.29 is 31.9 Å². The van der Waals surface area contributed by atoms with Crippen LogP contribution in [0.2, 0.25) is 0 Å². The van der Waals surface area contributed by atoms with Gasteiger partial charge in [0.15, 0.2) is 11.5 Å². The van der Waals surface area contributed by atoms with Crippen molar-refractivity contribution in [2.75, 3.05) is 19.7 Å². The fraction of sp³-hybridized carbons (Fsp3) is 0.333. The van der Waals surface area contributed by atoms with Crippen molar-refractivity contribution in [3.8, 4) is 11.5 Å². The first-order valence-corrected chi connectivity index (χ1v) is 11.5. The average molecular weight is 463 g/mol. The lowest BCUT2D eigenvalue weighted by molar-refractivity contribution is -0.136. The maximum absolute atomic E-state index is 13.9. The highest BCUT2D eigenvalue weighted by molar-refractivity contribution is 7.89. The Morgan fingerprint density at radius 3 is 2.28 bits per heavy atom. The summed E-state index contributed by atoms with van der Waals surface area (Å²) in [6.45, 7) is 0.142. The molecule has 0 radical (unpaired) electrons. The summed E-state index contributed by atoms with van der Waals surface area (Å²) in [5.74, 6) is -1.32. The van der Waals surface area contributed by atoms with Gasteiger partial charge in [-0.25, -0.2) is 12.8 Å². The van der Waals surface area contributed by atoms with Gasteiger partial charge >= 0.3 is 0 Å². The number of nitrogens with zero attached hydrogens (tertiary/aromatic N) is 1. The third-order valence-corrected chi connectivity index (χ3v) is 7.32. The molecule has 11 heteroatoms. The number of para-hydroxylation sites is 2. The smallest absolute Gasteiger partial charge is 0.283 e. The molecule has 1 saturated heterocycles. The van der Waals surface area contributed by atoms with Gasteiger partial charge in [0.05, 0.1) is 0 Å². The van der Waals surface area contributed by atoms with Crippen molar-refractivity contribution >= 4 is 21.8 Å². The topological polar surface area (TPSA) is 114 Å². The van der Waals surface area contributed by atoms with Crippen LogP contribution in [0, 0.1) is 11.7 Å². The minimum absolute atomic E-state index is 0.00497. The van der Waals surface area contributed by atoms with Crippen LogP contribution in [0.1, 0.15) is 12.8 Å². The number of amides is 2. The van der Waals surface area contributed by atoms with Crippen LogP contribution in [0.4, 0.5) is 4.39 Å². The van der Waals surface area contributed by atoms with E-state index in [1.54, 1.807) is 24.3 Å². The summed E-state index contributed by atoms with van der Waals surface area (Å²) >= 11 is 0. The van der Waals surface area contributed by atoms with Crippen LogP contribution >= 0.6 is 0 Å². The maximum atomic E-state index is 13.9. The van der Waals surface area contributed by atoms with Gasteiger partial charge in [-0.15, -0.1) is 0 Å². The summed E-state index contributed by atoms with van der Waals surface area (Å²) in [5, 5.41) is 0. The molecule has 0 saturated carbocycles. The van der Waals surface area contributed by atoms with Gasteiger partial charge in [0, 0.05) is 19.0 Å². The van der Waals surface area contributed by atoms with E-state index in [1.165, 1.54) is 22.5 Å². The van der Waals surface area contributed by atoms with Crippen LogP contribution in [-0.2, 0) is 19.6 Å². The van der Waals surface area contributed by atoms with Gasteiger partial charge < -0.3 is 9.47 Å². The molecule has 2 aliphatic rings. The molecule has 2 N–H and O–H groups in total. The molecule has 0 aromatic heterocycles. The number of carbonyl (C=O) groups excluding carboxylic acids is 2. The molecule has 170 valence electrons. The second-order valence-corrected chi connectivity index (χ2v) is 9.36. The molecular formula is C21H22FN3O6S. The molecule has 9 nitrogen and oxygen atoms in total. The van der Waals surface area contributed by atoms with Gasteiger partial charge in [-0.3, -0.25) is 20.4 Å². The van der Waals surface area contributed by atoms with Crippen LogP contribution in [0.25, 0.3) is 0 Å². The van der Waals surface area contributed by atoms with Crippen molar-refractivity contribution in [3.05, 3.63) is 54.3 Å². The summed E-state index contributed by atoms with van der Waals surface area (Å²) in [7, 11) is -3.98. The van der Waals surface area contributed by atoms with Crippen LogP contribution in [-0.4, -0.2) is 50.3 Å². The largest absolute Gasteiger partial charge is 0.485 e. The standard InChI is InChI=1S/C21H22FN3O6S/c22-15-5-1-4-8-19(15)32(28,29)25-11-9-14(10-12-25)20(26)23-24-21(27)18-13-30-16-6-2-3-7-17(16)31-18/h1-8,14,18H,9-13H2,(H,23,26)(H,24,27). The van der Waals surface area contributed by atoms with Crippen molar-refractivity contribution in [1.29, 1.82) is 0 Å². The fourth-order valence-electron chi connectivity index (χ4n) is 3.61. The van der Waals surface area contributed by atoms with Gasteiger partial charge in [-0.1, -0.05) is 24.3 Å². The molecule has 0 spiro atoms. The van der Waals surface area contributed by atoms with E-state index in [-0.39, 0.29) is 37.4 Å². The second-order valence-electron chi connectivity index (χ2n) is 7.45. The summed E-state index contributed by atoms with van der Waals surface area (Å²) < 4.78 is 51.5. The zero-order valence-electron chi connectivity index (χ0n) is 17.0. The molecule has 1 atom stereocenters. The molecule has 2 aromatic rings. The molecule has 1 unspecified atom stereocenters. The normalized spacial score (nSPS) is 19.2.